The van der Waals surface area contributed by atoms with Gasteiger partial charge in [-0.2, -0.15) is 0 Å². The van der Waals surface area contributed by atoms with Gasteiger partial charge in [0, 0.05) is 22.6 Å². The van der Waals surface area contributed by atoms with Crippen molar-refractivity contribution in [1.29, 1.82) is 0 Å². The molecule has 1 aliphatic rings. The summed E-state index contributed by atoms with van der Waals surface area (Å²) in [5.41, 5.74) is 3.04. The number of carbonyl (C=O) groups is 1. The number of hydrogen-bond acceptors (Lipinski definition) is 3. The number of alkyl carbamates (subject to hydrolysis) is 1. The van der Waals surface area contributed by atoms with Crippen molar-refractivity contribution in [1.82, 2.24) is 5.32 Å². The van der Waals surface area contributed by atoms with E-state index in [2.05, 4.69) is 10.1 Å². The predicted molar refractivity (Wildman–Crippen MR) is 85.4 cm³/mol. The average Bonchev–Trinajstić information content (AvgIpc) is 2.96. The van der Waals surface area contributed by atoms with Crippen LogP contribution in [0.3, 0.4) is 0 Å². The second-order valence-corrected chi connectivity index (χ2v) is 5.50. The van der Waals surface area contributed by atoms with Gasteiger partial charge in [0.15, 0.2) is 0 Å². The molecule has 2 aromatic carbocycles. The predicted octanol–water partition coefficient (Wildman–Crippen LogP) is 3.67. The molecule has 0 saturated heterocycles. The fourth-order valence-corrected chi connectivity index (χ4v) is 2.85. The minimum absolute atomic E-state index is 0.0993. The molecule has 5 heteroatoms. The van der Waals surface area contributed by atoms with Crippen LogP contribution in [0.25, 0.3) is 11.1 Å². The Balaban J connectivity index is 1.83. The molecule has 1 unspecified atom stereocenters. The minimum atomic E-state index is -0.453. The third-order valence-corrected chi connectivity index (χ3v) is 3.98. The van der Waals surface area contributed by atoms with Crippen LogP contribution in [0.5, 0.6) is 5.75 Å². The number of carbonyl (C=O) groups excluding carboxylic acids is 1. The smallest absolute Gasteiger partial charge is 0.406 e. The molecular formula is C17H16ClNO3. The lowest BCUT2D eigenvalue weighted by Gasteiger charge is -2.13. The van der Waals surface area contributed by atoms with Gasteiger partial charge >= 0.3 is 6.09 Å². The largest absolute Gasteiger partial charge is 0.487 e. The highest BCUT2D eigenvalue weighted by atomic mass is 35.5. The summed E-state index contributed by atoms with van der Waals surface area (Å²) in [6.07, 6.45) is 0.195. The average molecular weight is 318 g/mol. The van der Waals surface area contributed by atoms with Crippen molar-refractivity contribution in [2.24, 2.45) is 0 Å². The fraction of sp³-hybridized carbons (Fsp3) is 0.235. The zero-order chi connectivity index (χ0) is 15.5. The molecule has 0 spiro atoms. The molecule has 0 aliphatic carbocycles. The Bertz CT molecular complexity index is 702. The lowest BCUT2D eigenvalue weighted by atomic mass is 10.0. The minimum Gasteiger partial charge on any atom is -0.487 e. The van der Waals surface area contributed by atoms with E-state index in [9.17, 15) is 4.79 Å². The standard InChI is InChI=1S/C17H16ClNO3/c1-21-17(20)19-10-12-9-11-5-4-7-14(16(11)22-12)13-6-2-3-8-15(13)18/h2-8,12H,9-10H2,1H3,(H,19,20). The summed E-state index contributed by atoms with van der Waals surface area (Å²) in [4.78, 5) is 11.2. The lowest BCUT2D eigenvalue weighted by molar-refractivity contribution is 0.161. The van der Waals surface area contributed by atoms with E-state index in [0.717, 1.165) is 28.9 Å². The molecule has 0 saturated carbocycles. The normalized spacial score (nSPS) is 15.8. The quantitative estimate of drug-likeness (QED) is 0.939. The molecule has 0 fully saturated rings. The number of amides is 1. The Morgan fingerprint density at radius 1 is 1.27 bits per heavy atom. The van der Waals surface area contributed by atoms with Crippen LogP contribution < -0.4 is 10.1 Å². The maximum absolute atomic E-state index is 11.2. The van der Waals surface area contributed by atoms with Crippen molar-refractivity contribution in [3.63, 3.8) is 0 Å². The number of fused-ring (bicyclic) bond motifs is 1. The van der Waals surface area contributed by atoms with E-state index in [4.69, 9.17) is 16.3 Å². The molecule has 1 N–H and O–H groups in total. The molecule has 3 rings (SSSR count). The summed E-state index contributed by atoms with van der Waals surface area (Å²) in [5.74, 6) is 0.840. The van der Waals surface area contributed by atoms with E-state index in [1.165, 1.54) is 7.11 Å². The van der Waals surface area contributed by atoms with Gasteiger partial charge < -0.3 is 14.8 Å². The van der Waals surface area contributed by atoms with Crippen LogP contribution in [0.15, 0.2) is 42.5 Å². The molecule has 1 aliphatic heterocycles. The number of nitrogens with one attached hydrogen (secondary N) is 1. The SMILES string of the molecule is COC(=O)NCC1Cc2cccc(-c3ccccc3Cl)c2O1. The van der Waals surface area contributed by atoms with Gasteiger partial charge in [-0.25, -0.2) is 4.79 Å². The van der Waals surface area contributed by atoms with E-state index in [1.54, 1.807) is 0 Å². The zero-order valence-electron chi connectivity index (χ0n) is 12.1. The first-order valence-electron chi connectivity index (χ1n) is 7.04. The number of methoxy groups -OCH3 is 1. The number of halogens is 1. The summed E-state index contributed by atoms with van der Waals surface area (Å²) in [6, 6.07) is 13.7. The van der Waals surface area contributed by atoms with Gasteiger partial charge in [-0.15, -0.1) is 0 Å². The second-order valence-electron chi connectivity index (χ2n) is 5.09. The van der Waals surface area contributed by atoms with Crippen LogP contribution in [0.1, 0.15) is 5.56 Å². The molecule has 0 bridgehead atoms. The highest BCUT2D eigenvalue weighted by molar-refractivity contribution is 6.33. The Morgan fingerprint density at radius 2 is 2.05 bits per heavy atom. The first-order valence-corrected chi connectivity index (χ1v) is 7.42. The van der Waals surface area contributed by atoms with Gasteiger partial charge in [0.1, 0.15) is 11.9 Å². The third-order valence-electron chi connectivity index (χ3n) is 3.65. The van der Waals surface area contributed by atoms with Gasteiger partial charge in [0.2, 0.25) is 0 Å². The fourth-order valence-electron chi connectivity index (χ4n) is 2.61. The maximum Gasteiger partial charge on any atom is 0.406 e. The van der Waals surface area contributed by atoms with Gasteiger partial charge in [0.05, 0.1) is 13.7 Å². The van der Waals surface area contributed by atoms with Gasteiger partial charge in [-0.3, -0.25) is 0 Å². The monoisotopic (exact) mass is 317 g/mol. The van der Waals surface area contributed by atoms with Crippen molar-refractivity contribution in [2.75, 3.05) is 13.7 Å². The van der Waals surface area contributed by atoms with Crippen molar-refractivity contribution >= 4 is 17.7 Å². The Kier molecular flexibility index (Phi) is 4.20. The van der Waals surface area contributed by atoms with E-state index in [1.807, 2.05) is 42.5 Å². The molecule has 1 atom stereocenters. The lowest BCUT2D eigenvalue weighted by Crippen LogP contribution is -2.34. The summed E-state index contributed by atoms with van der Waals surface area (Å²) < 4.78 is 10.6. The van der Waals surface area contributed by atoms with E-state index >= 15 is 0 Å². The first-order chi connectivity index (χ1) is 10.7. The van der Waals surface area contributed by atoms with Gasteiger partial charge in [-0.05, 0) is 11.6 Å². The molecule has 1 heterocycles. The summed E-state index contributed by atoms with van der Waals surface area (Å²) in [6.45, 7) is 0.406. The van der Waals surface area contributed by atoms with Crippen molar-refractivity contribution in [2.45, 2.75) is 12.5 Å². The molecule has 0 radical (unpaired) electrons. The van der Waals surface area contributed by atoms with Gasteiger partial charge in [0.25, 0.3) is 0 Å². The van der Waals surface area contributed by atoms with Crippen LogP contribution in [-0.4, -0.2) is 25.9 Å². The summed E-state index contributed by atoms with van der Waals surface area (Å²) in [7, 11) is 1.34. The van der Waals surface area contributed by atoms with Crippen LogP contribution in [0.4, 0.5) is 4.79 Å². The van der Waals surface area contributed by atoms with Crippen LogP contribution in [0.2, 0.25) is 5.02 Å². The van der Waals surface area contributed by atoms with Crippen molar-refractivity contribution < 1.29 is 14.3 Å². The van der Waals surface area contributed by atoms with E-state index in [-0.39, 0.29) is 6.10 Å². The van der Waals surface area contributed by atoms with Crippen LogP contribution >= 0.6 is 11.6 Å². The Morgan fingerprint density at radius 3 is 2.82 bits per heavy atom. The Hall–Kier alpha value is -2.20. The highest BCUT2D eigenvalue weighted by Gasteiger charge is 2.26. The molecule has 1 amide bonds. The molecule has 22 heavy (non-hydrogen) atoms. The molecule has 4 nitrogen and oxygen atoms in total. The summed E-state index contributed by atoms with van der Waals surface area (Å²) >= 11 is 6.29. The first kappa shape index (κ1) is 14.7. The number of para-hydroxylation sites is 1. The topological polar surface area (TPSA) is 47.6 Å². The molecule has 2 aromatic rings. The van der Waals surface area contributed by atoms with Crippen LogP contribution in [-0.2, 0) is 11.2 Å². The number of ether oxygens (including phenoxy) is 2. The van der Waals surface area contributed by atoms with Gasteiger partial charge in [-0.1, -0.05) is 48.0 Å². The third kappa shape index (κ3) is 2.88. The molecule has 0 aromatic heterocycles. The highest BCUT2D eigenvalue weighted by Crippen LogP contribution is 2.40. The van der Waals surface area contributed by atoms with Crippen LogP contribution in [0, 0.1) is 0 Å². The summed E-state index contributed by atoms with van der Waals surface area (Å²) in [5, 5.41) is 3.36. The van der Waals surface area contributed by atoms with Crippen molar-refractivity contribution in [3.8, 4) is 16.9 Å². The Labute approximate surface area is 134 Å². The molecule has 114 valence electrons. The van der Waals surface area contributed by atoms with E-state index in [0.29, 0.717) is 11.6 Å². The van der Waals surface area contributed by atoms with E-state index < -0.39 is 6.09 Å². The number of benzene rings is 2. The number of hydrogen-bond donors (Lipinski definition) is 1. The zero-order valence-corrected chi connectivity index (χ0v) is 12.9. The second kappa shape index (κ2) is 6.28. The number of rotatable bonds is 3. The van der Waals surface area contributed by atoms with Crippen molar-refractivity contribution in [3.05, 3.63) is 53.1 Å². The molecular weight excluding hydrogens is 302 g/mol. The maximum atomic E-state index is 11.2.